The standard InChI is InChI=1S/C20H15FN4O4/c1-20-17-13(12-4-2-3-5-14(12)22-17)8-9-23(20)19(27)24(18(20)26)15-7-6-11(21)10-16(15)25(28)29/h2-7,10,22H,8-9H2,1H3. The Labute approximate surface area is 163 Å². The lowest BCUT2D eigenvalue weighted by atomic mass is 9.87. The maximum atomic E-state index is 13.6. The fraction of sp³-hybridized carbons (Fsp3) is 0.200. The molecule has 8 nitrogen and oxygen atoms in total. The molecule has 9 heteroatoms. The van der Waals surface area contributed by atoms with Gasteiger partial charge in [-0.1, -0.05) is 18.2 Å². The molecule has 5 rings (SSSR count). The Bertz CT molecular complexity index is 1240. The van der Waals surface area contributed by atoms with E-state index in [2.05, 4.69) is 4.98 Å². The molecule has 0 bridgehead atoms. The fourth-order valence-corrected chi connectivity index (χ4v) is 4.44. The molecule has 1 saturated heterocycles. The molecule has 146 valence electrons. The van der Waals surface area contributed by atoms with Gasteiger partial charge >= 0.3 is 6.03 Å². The molecule has 0 aliphatic carbocycles. The van der Waals surface area contributed by atoms with Gasteiger partial charge in [0, 0.05) is 17.4 Å². The van der Waals surface area contributed by atoms with Crippen LogP contribution < -0.4 is 4.90 Å². The van der Waals surface area contributed by atoms with Crippen LogP contribution in [-0.4, -0.2) is 33.3 Å². The van der Waals surface area contributed by atoms with Crippen LogP contribution in [0.25, 0.3) is 10.9 Å². The zero-order chi connectivity index (χ0) is 20.5. The molecule has 1 fully saturated rings. The number of urea groups is 1. The second-order valence-electron chi connectivity index (χ2n) is 7.31. The average molecular weight is 394 g/mol. The van der Waals surface area contributed by atoms with Crippen LogP contribution in [-0.2, 0) is 16.8 Å². The fourth-order valence-electron chi connectivity index (χ4n) is 4.44. The molecule has 0 radical (unpaired) electrons. The Kier molecular flexibility index (Phi) is 3.37. The number of benzene rings is 2. The first-order valence-corrected chi connectivity index (χ1v) is 9.04. The summed E-state index contributed by atoms with van der Waals surface area (Å²) in [4.78, 5) is 42.7. The molecule has 1 unspecified atom stereocenters. The SMILES string of the molecule is CC12C(=O)N(c3ccc(F)cc3[N+](=O)[O-])C(=O)N1CCc1c2[nH]c2ccccc12. The zero-order valence-electron chi connectivity index (χ0n) is 15.3. The first kappa shape index (κ1) is 17.4. The Balaban J connectivity index is 1.71. The van der Waals surface area contributed by atoms with Gasteiger partial charge in [-0.25, -0.2) is 14.1 Å². The van der Waals surface area contributed by atoms with E-state index < -0.39 is 33.9 Å². The number of anilines is 1. The Hall–Kier alpha value is -3.75. The summed E-state index contributed by atoms with van der Waals surface area (Å²) in [6, 6.07) is 9.77. The minimum Gasteiger partial charge on any atom is -0.356 e. The number of rotatable bonds is 2. The topological polar surface area (TPSA) is 99.6 Å². The van der Waals surface area contributed by atoms with Gasteiger partial charge in [-0.15, -0.1) is 0 Å². The van der Waals surface area contributed by atoms with Crippen LogP contribution in [0.1, 0.15) is 18.2 Å². The zero-order valence-corrected chi connectivity index (χ0v) is 15.3. The Morgan fingerprint density at radius 1 is 1.21 bits per heavy atom. The molecule has 0 spiro atoms. The van der Waals surface area contributed by atoms with Gasteiger partial charge in [0.05, 0.1) is 16.7 Å². The summed E-state index contributed by atoms with van der Waals surface area (Å²) in [5.41, 5.74) is 0.219. The van der Waals surface area contributed by atoms with Crippen molar-refractivity contribution in [1.29, 1.82) is 0 Å². The summed E-state index contributed by atoms with van der Waals surface area (Å²) in [6.45, 7) is 1.93. The van der Waals surface area contributed by atoms with Crippen molar-refractivity contribution in [2.45, 2.75) is 18.9 Å². The highest BCUT2D eigenvalue weighted by Gasteiger charge is 2.59. The number of H-pyrrole nitrogens is 1. The molecular weight excluding hydrogens is 379 g/mol. The number of hydrogen-bond acceptors (Lipinski definition) is 4. The lowest BCUT2D eigenvalue weighted by Gasteiger charge is -2.35. The van der Waals surface area contributed by atoms with Gasteiger partial charge in [-0.05, 0) is 37.1 Å². The van der Waals surface area contributed by atoms with Gasteiger partial charge in [0.2, 0.25) is 0 Å². The first-order chi connectivity index (χ1) is 13.8. The third-order valence-electron chi connectivity index (χ3n) is 5.84. The van der Waals surface area contributed by atoms with Crippen LogP contribution in [0, 0.1) is 15.9 Å². The highest BCUT2D eigenvalue weighted by Crippen LogP contribution is 2.46. The van der Waals surface area contributed by atoms with Crippen molar-refractivity contribution in [3.8, 4) is 0 Å². The van der Waals surface area contributed by atoms with E-state index in [0.29, 0.717) is 24.7 Å². The highest BCUT2D eigenvalue weighted by molar-refractivity contribution is 6.24. The number of aromatic amines is 1. The minimum atomic E-state index is -1.33. The Morgan fingerprint density at radius 3 is 2.72 bits per heavy atom. The molecule has 29 heavy (non-hydrogen) atoms. The first-order valence-electron chi connectivity index (χ1n) is 9.04. The van der Waals surface area contributed by atoms with Gasteiger partial charge in [0.25, 0.3) is 11.6 Å². The van der Waals surface area contributed by atoms with E-state index in [-0.39, 0.29) is 5.69 Å². The summed E-state index contributed by atoms with van der Waals surface area (Å²) in [5, 5.41) is 12.4. The number of amides is 3. The van der Waals surface area contributed by atoms with Crippen molar-refractivity contribution >= 4 is 34.2 Å². The van der Waals surface area contributed by atoms with Crippen molar-refractivity contribution < 1.29 is 18.9 Å². The van der Waals surface area contributed by atoms with Gasteiger partial charge in [0.15, 0.2) is 5.54 Å². The van der Waals surface area contributed by atoms with Crippen LogP contribution in [0.15, 0.2) is 42.5 Å². The highest BCUT2D eigenvalue weighted by atomic mass is 19.1. The number of nitro groups is 1. The number of carbonyl (C=O) groups is 2. The predicted octanol–water partition coefficient (Wildman–Crippen LogP) is 3.46. The number of nitrogens with zero attached hydrogens (tertiary/aromatic N) is 3. The molecule has 3 heterocycles. The number of fused-ring (bicyclic) bond motifs is 5. The number of carbonyl (C=O) groups excluding carboxylic acids is 2. The molecule has 1 atom stereocenters. The van der Waals surface area contributed by atoms with Crippen LogP contribution in [0.5, 0.6) is 0 Å². The van der Waals surface area contributed by atoms with E-state index in [1.54, 1.807) is 6.92 Å². The number of imide groups is 1. The summed E-state index contributed by atoms with van der Waals surface area (Å²) in [7, 11) is 0. The van der Waals surface area contributed by atoms with E-state index in [4.69, 9.17) is 0 Å². The molecule has 2 aromatic carbocycles. The van der Waals surface area contributed by atoms with Crippen LogP contribution in [0.3, 0.4) is 0 Å². The quantitative estimate of drug-likeness (QED) is 0.409. The molecule has 1 aromatic heterocycles. The van der Waals surface area contributed by atoms with Crippen LogP contribution in [0.2, 0.25) is 0 Å². The maximum Gasteiger partial charge on any atom is 0.332 e. The molecule has 1 N–H and O–H groups in total. The summed E-state index contributed by atoms with van der Waals surface area (Å²) in [5.74, 6) is -1.42. The minimum absolute atomic E-state index is 0.236. The van der Waals surface area contributed by atoms with E-state index >= 15 is 0 Å². The van der Waals surface area contributed by atoms with Crippen LogP contribution >= 0.6 is 0 Å². The molecule has 2 aliphatic rings. The van der Waals surface area contributed by atoms with Crippen LogP contribution in [0.4, 0.5) is 20.6 Å². The van der Waals surface area contributed by atoms with E-state index in [1.165, 1.54) is 4.90 Å². The summed E-state index contributed by atoms with van der Waals surface area (Å²) >= 11 is 0. The summed E-state index contributed by atoms with van der Waals surface area (Å²) in [6.07, 6.45) is 0.549. The molecule has 3 amide bonds. The molecule has 3 aromatic rings. The Morgan fingerprint density at radius 2 is 1.97 bits per heavy atom. The maximum absolute atomic E-state index is 13.6. The molecular formula is C20H15FN4O4. The van der Waals surface area contributed by atoms with Gasteiger partial charge in [-0.3, -0.25) is 14.9 Å². The van der Waals surface area contributed by atoms with Crippen molar-refractivity contribution in [2.75, 3.05) is 11.4 Å². The van der Waals surface area contributed by atoms with E-state index in [9.17, 15) is 24.1 Å². The number of nitro benzene ring substituents is 1. The number of nitrogens with one attached hydrogen (secondary N) is 1. The second-order valence-corrected chi connectivity index (χ2v) is 7.31. The van der Waals surface area contributed by atoms with E-state index in [0.717, 1.165) is 33.5 Å². The molecule has 2 aliphatic heterocycles. The van der Waals surface area contributed by atoms with E-state index in [1.807, 2.05) is 24.3 Å². The van der Waals surface area contributed by atoms with Gasteiger partial charge in [-0.2, -0.15) is 0 Å². The lowest BCUT2D eigenvalue weighted by molar-refractivity contribution is -0.384. The second kappa shape index (κ2) is 5.63. The third-order valence-corrected chi connectivity index (χ3v) is 5.84. The van der Waals surface area contributed by atoms with Gasteiger partial charge < -0.3 is 9.88 Å². The number of halogens is 1. The number of aromatic nitrogens is 1. The largest absolute Gasteiger partial charge is 0.356 e. The smallest absolute Gasteiger partial charge is 0.332 e. The molecule has 0 saturated carbocycles. The van der Waals surface area contributed by atoms with Crippen molar-refractivity contribution in [2.24, 2.45) is 0 Å². The van der Waals surface area contributed by atoms with Gasteiger partial charge in [0.1, 0.15) is 11.5 Å². The number of hydrogen-bond donors (Lipinski definition) is 1. The lowest BCUT2D eigenvalue weighted by Crippen LogP contribution is -2.49. The monoisotopic (exact) mass is 394 g/mol. The normalized spacial score (nSPS) is 20.9. The third kappa shape index (κ3) is 2.12. The summed E-state index contributed by atoms with van der Waals surface area (Å²) < 4.78 is 13.6. The number of para-hydroxylation sites is 1. The van der Waals surface area contributed by atoms with Crippen molar-refractivity contribution in [1.82, 2.24) is 9.88 Å². The van der Waals surface area contributed by atoms with Crippen molar-refractivity contribution in [3.63, 3.8) is 0 Å². The van der Waals surface area contributed by atoms with Crippen molar-refractivity contribution in [3.05, 3.63) is 69.7 Å². The predicted molar refractivity (Wildman–Crippen MR) is 102 cm³/mol. The average Bonchev–Trinajstić information content (AvgIpc) is 3.17.